The van der Waals surface area contributed by atoms with Crippen molar-refractivity contribution in [1.82, 2.24) is 0 Å². The smallest absolute Gasteiger partial charge is 0.350 e. The topological polar surface area (TPSA) is 86.7 Å². The third kappa shape index (κ3) is 4.42. The maximum Gasteiger partial charge on any atom is 0.350 e. The van der Waals surface area contributed by atoms with Gasteiger partial charge in [0.2, 0.25) is 9.84 Å². The lowest BCUT2D eigenvalue weighted by molar-refractivity contribution is -0.140. The summed E-state index contributed by atoms with van der Waals surface area (Å²) in [6.07, 6.45) is 0.643. The van der Waals surface area contributed by atoms with Crippen LogP contribution in [0.3, 0.4) is 0 Å². The van der Waals surface area contributed by atoms with E-state index >= 15 is 0 Å². The molecular formula is C14H16O6S. The number of hydrogen-bond acceptors (Lipinski definition) is 6. The fourth-order valence-corrected chi connectivity index (χ4v) is 2.77. The second-order valence-corrected chi connectivity index (χ2v) is 5.72. The first-order chi connectivity index (χ1) is 9.93. The summed E-state index contributed by atoms with van der Waals surface area (Å²) < 4.78 is 34.2. The van der Waals surface area contributed by atoms with Crippen LogP contribution in [0.2, 0.25) is 0 Å². The molecule has 0 aliphatic carbocycles. The molecule has 0 aliphatic rings. The Kier molecular flexibility index (Phi) is 6.10. The Morgan fingerprint density at radius 3 is 2.14 bits per heavy atom. The summed E-state index contributed by atoms with van der Waals surface area (Å²) in [5, 5.41) is 0. The molecule has 0 aromatic heterocycles. The molecule has 0 fully saturated rings. The second kappa shape index (κ2) is 7.58. The van der Waals surface area contributed by atoms with Gasteiger partial charge < -0.3 is 9.47 Å². The molecule has 0 radical (unpaired) electrons. The molecule has 0 aliphatic heterocycles. The monoisotopic (exact) mass is 312 g/mol. The van der Waals surface area contributed by atoms with Gasteiger partial charge in [0.1, 0.15) is 0 Å². The van der Waals surface area contributed by atoms with Crippen molar-refractivity contribution in [2.24, 2.45) is 0 Å². The molecule has 0 heterocycles. The van der Waals surface area contributed by atoms with E-state index in [0.717, 1.165) is 0 Å². The molecule has 0 saturated carbocycles. The number of carbonyl (C=O) groups is 2. The van der Waals surface area contributed by atoms with Crippen LogP contribution < -0.4 is 0 Å². The Morgan fingerprint density at radius 2 is 1.62 bits per heavy atom. The van der Waals surface area contributed by atoms with Crippen LogP contribution in [0.1, 0.15) is 13.8 Å². The number of carbonyl (C=O) groups excluding carboxylic acids is 2. The van der Waals surface area contributed by atoms with E-state index < -0.39 is 26.7 Å². The van der Waals surface area contributed by atoms with Crippen molar-refractivity contribution in [2.75, 3.05) is 13.2 Å². The molecule has 0 bridgehead atoms. The molecule has 0 saturated heterocycles. The zero-order chi connectivity index (χ0) is 15.9. The Bertz CT molecular complexity index is 631. The van der Waals surface area contributed by atoms with E-state index in [1.165, 1.54) is 31.2 Å². The van der Waals surface area contributed by atoms with Crippen molar-refractivity contribution < 1.29 is 27.5 Å². The van der Waals surface area contributed by atoms with Gasteiger partial charge in [-0.15, -0.1) is 0 Å². The number of esters is 2. The molecule has 0 N–H and O–H groups in total. The van der Waals surface area contributed by atoms with E-state index in [2.05, 4.69) is 4.74 Å². The van der Waals surface area contributed by atoms with Crippen molar-refractivity contribution in [3.05, 3.63) is 41.3 Å². The van der Waals surface area contributed by atoms with Crippen LogP contribution in [0.15, 0.2) is 46.2 Å². The molecule has 21 heavy (non-hydrogen) atoms. The lowest BCUT2D eigenvalue weighted by atomic mass is 10.4. The van der Waals surface area contributed by atoms with E-state index in [4.69, 9.17) is 4.74 Å². The van der Waals surface area contributed by atoms with Crippen LogP contribution in [0.25, 0.3) is 0 Å². The van der Waals surface area contributed by atoms with Crippen molar-refractivity contribution in [1.29, 1.82) is 0 Å². The zero-order valence-electron chi connectivity index (χ0n) is 11.7. The average Bonchev–Trinajstić information content (AvgIpc) is 2.46. The highest BCUT2D eigenvalue weighted by Gasteiger charge is 2.29. The van der Waals surface area contributed by atoms with Crippen LogP contribution in [0, 0.1) is 0 Å². The minimum atomic E-state index is -4.15. The van der Waals surface area contributed by atoms with E-state index in [1.807, 2.05) is 0 Å². The van der Waals surface area contributed by atoms with Gasteiger partial charge in [0, 0.05) is 6.08 Å². The summed E-state index contributed by atoms with van der Waals surface area (Å²) >= 11 is 0. The third-order valence-corrected chi connectivity index (χ3v) is 4.11. The van der Waals surface area contributed by atoms with Crippen molar-refractivity contribution >= 4 is 21.8 Å². The van der Waals surface area contributed by atoms with E-state index in [9.17, 15) is 18.0 Å². The highest BCUT2D eigenvalue weighted by atomic mass is 32.2. The van der Waals surface area contributed by atoms with E-state index in [0.29, 0.717) is 6.08 Å². The minimum absolute atomic E-state index is 0.0106. The van der Waals surface area contributed by atoms with Crippen molar-refractivity contribution in [3.8, 4) is 0 Å². The van der Waals surface area contributed by atoms with E-state index in [1.54, 1.807) is 13.0 Å². The molecule has 0 amide bonds. The SMILES string of the molecule is CCOC(=O)C=C(C(=O)OCC)S(=O)(=O)c1ccccc1. The lowest BCUT2D eigenvalue weighted by Crippen LogP contribution is -2.18. The molecule has 0 atom stereocenters. The second-order valence-electron chi connectivity index (χ2n) is 3.80. The molecule has 114 valence electrons. The summed E-state index contributed by atoms with van der Waals surface area (Å²) in [6, 6.07) is 7.32. The Labute approximate surface area is 123 Å². The first kappa shape index (κ1) is 16.9. The minimum Gasteiger partial charge on any atom is -0.463 e. The molecule has 0 unspecified atom stereocenters. The molecule has 7 heteroatoms. The van der Waals surface area contributed by atoms with Gasteiger partial charge in [0.05, 0.1) is 18.1 Å². The Balaban J connectivity index is 3.30. The van der Waals surface area contributed by atoms with Gasteiger partial charge in [-0.25, -0.2) is 18.0 Å². The first-order valence-electron chi connectivity index (χ1n) is 6.29. The highest BCUT2D eigenvalue weighted by molar-refractivity contribution is 7.96. The molecular weight excluding hydrogens is 296 g/mol. The van der Waals surface area contributed by atoms with Gasteiger partial charge in [0.15, 0.2) is 4.91 Å². The van der Waals surface area contributed by atoms with Gasteiger partial charge in [-0.1, -0.05) is 18.2 Å². The van der Waals surface area contributed by atoms with Crippen LogP contribution >= 0.6 is 0 Å². The van der Waals surface area contributed by atoms with Crippen LogP contribution in [-0.2, 0) is 28.9 Å². The third-order valence-electron chi connectivity index (χ3n) is 2.36. The largest absolute Gasteiger partial charge is 0.463 e. The Hall–Kier alpha value is -2.15. The predicted molar refractivity (Wildman–Crippen MR) is 75.0 cm³/mol. The van der Waals surface area contributed by atoms with Gasteiger partial charge >= 0.3 is 11.9 Å². The number of ether oxygens (including phenoxy) is 2. The van der Waals surface area contributed by atoms with Gasteiger partial charge in [0.25, 0.3) is 0 Å². The number of hydrogen-bond donors (Lipinski definition) is 0. The summed E-state index contributed by atoms with van der Waals surface area (Å²) in [5.41, 5.74) is 0. The number of rotatable bonds is 6. The zero-order valence-corrected chi connectivity index (χ0v) is 12.6. The maximum atomic E-state index is 12.4. The summed E-state index contributed by atoms with van der Waals surface area (Å²) in [5.74, 6) is -2.01. The fourth-order valence-electron chi connectivity index (χ4n) is 1.47. The van der Waals surface area contributed by atoms with Gasteiger partial charge in [-0.3, -0.25) is 0 Å². The summed E-state index contributed by atoms with van der Waals surface area (Å²) in [7, 11) is -4.15. The molecule has 0 spiro atoms. The Morgan fingerprint density at radius 1 is 1.05 bits per heavy atom. The first-order valence-corrected chi connectivity index (χ1v) is 7.77. The lowest BCUT2D eigenvalue weighted by Gasteiger charge is -2.08. The van der Waals surface area contributed by atoms with Crippen LogP contribution in [-0.4, -0.2) is 33.6 Å². The number of sulfone groups is 1. The average molecular weight is 312 g/mol. The van der Waals surface area contributed by atoms with Crippen molar-refractivity contribution in [3.63, 3.8) is 0 Å². The standard InChI is InChI=1S/C14H16O6S/c1-3-19-13(15)10-12(14(16)20-4-2)21(17,18)11-8-6-5-7-9-11/h5-10H,3-4H2,1-2H3. The maximum absolute atomic E-state index is 12.4. The molecule has 6 nitrogen and oxygen atoms in total. The fraction of sp³-hybridized carbons (Fsp3) is 0.286. The van der Waals surface area contributed by atoms with Gasteiger partial charge in [-0.2, -0.15) is 0 Å². The normalized spacial score (nSPS) is 11.8. The summed E-state index contributed by atoms with van der Waals surface area (Å²) in [6.45, 7) is 3.16. The van der Waals surface area contributed by atoms with Gasteiger partial charge in [-0.05, 0) is 26.0 Å². The van der Waals surface area contributed by atoms with Crippen LogP contribution in [0.4, 0.5) is 0 Å². The van der Waals surface area contributed by atoms with E-state index in [-0.39, 0.29) is 18.1 Å². The molecule has 1 aromatic rings. The summed E-state index contributed by atoms with van der Waals surface area (Å²) in [4.78, 5) is 22.5. The predicted octanol–water partition coefficient (Wildman–Crippen LogP) is 1.47. The number of benzene rings is 1. The van der Waals surface area contributed by atoms with Crippen LogP contribution in [0.5, 0.6) is 0 Å². The highest BCUT2D eigenvalue weighted by Crippen LogP contribution is 2.20. The molecule has 1 rings (SSSR count). The van der Waals surface area contributed by atoms with Crippen molar-refractivity contribution in [2.45, 2.75) is 18.7 Å². The molecule has 1 aromatic carbocycles. The quantitative estimate of drug-likeness (QED) is 0.584.